The number of amides is 2. The molecule has 0 fully saturated rings. The largest absolute Gasteiger partial charge is 0.494 e. The normalized spacial score (nSPS) is 10.3. The Morgan fingerprint density at radius 2 is 1.77 bits per heavy atom. The van der Waals surface area contributed by atoms with Crippen LogP contribution in [0.4, 0.5) is 14.5 Å². The number of hydrogen-bond acceptors (Lipinski definition) is 4. The van der Waals surface area contributed by atoms with E-state index >= 15 is 0 Å². The van der Waals surface area contributed by atoms with Crippen LogP contribution in [0.1, 0.15) is 6.92 Å². The fraction of sp³-hybridized carbons (Fsp3) is 0.222. The Hall–Kier alpha value is -2.61. The van der Waals surface area contributed by atoms with E-state index in [1.165, 1.54) is 17.8 Å². The summed E-state index contributed by atoms with van der Waals surface area (Å²) >= 11 is 1.32. The number of carbonyl (C=O) groups is 2. The molecule has 8 heteroatoms. The highest BCUT2D eigenvalue weighted by Gasteiger charge is 2.09. The number of anilines is 1. The average Bonchev–Trinajstić information content (AvgIpc) is 2.63. The number of carbonyl (C=O) groups excluding carboxylic acids is 2. The zero-order valence-corrected chi connectivity index (χ0v) is 14.9. The molecule has 2 amide bonds. The number of benzene rings is 2. The van der Waals surface area contributed by atoms with Crippen molar-refractivity contribution >= 4 is 29.3 Å². The maximum Gasteiger partial charge on any atom is 0.243 e. The van der Waals surface area contributed by atoms with E-state index in [1.807, 2.05) is 31.2 Å². The molecule has 26 heavy (non-hydrogen) atoms. The Labute approximate surface area is 154 Å². The molecule has 0 aliphatic heterocycles. The van der Waals surface area contributed by atoms with E-state index in [9.17, 15) is 18.4 Å². The van der Waals surface area contributed by atoms with Gasteiger partial charge in [-0.25, -0.2) is 8.78 Å². The van der Waals surface area contributed by atoms with Crippen LogP contribution in [-0.4, -0.2) is 30.7 Å². The Bertz CT molecular complexity index is 770. The lowest BCUT2D eigenvalue weighted by Gasteiger charge is -2.08. The molecule has 0 saturated carbocycles. The van der Waals surface area contributed by atoms with Crippen molar-refractivity contribution in [3.05, 3.63) is 54.1 Å². The minimum Gasteiger partial charge on any atom is -0.494 e. The van der Waals surface area contributed by atoms with E-state index in [1.54, 1.807) is 0 Å². The minimum atomic E-state index is -1.06. The molecule has 0 aliphatic rings. The van der Waals surface area contributed by atoms with Crippen LogP contribution in [0.25, 0.3) is 0 Å². The zero-order valence-electron chi connectivity index (χ0n) is 14.1. The van der Waals surface area contributed by atoms with Gasteiger partial charge in [-0.2, -0.15) is 0 Å². The van der Waals surface area contributed by atoms with Crippen LogP contribution < -0.4 is 15.4 Å². The number of rotatable bonds is 8. The summed E-state index contributed by atoms with van der Waals surface area (Å²) in [5.74, 6) is -2.00. The molecular weight excluding hydrogens is 362 g/mol. The van der Waals surface area contributed by atoms with Gasteiger partial charge in [-0.3, -0.25) is 9.59 Å². The lowest BCUT2D eigenvalue weighted by Crippen LogP contribution is -2.33. The second kappa shape index (κ2) is 9.76. The fourth-order valence-corrected chi connectivity index (χ4v) is 2.68. The molecule has 2 aromatic carbocycles. The predicted molar refractivity (Wildman–Crippen MR) is 96.3 cm³/mol. The highest BCUT2D eigenvalue weighted by atomic mass is 32.2. The Morgan fingerprint density at radius 1 is 1.04 bits per heavy atom. The van der Waals surface area contributed by atoms with Crippen LogP contribution in [-0.2, 0) is 9.59 Å². The SMILES string of the molecule is CCOc1ccc(SCC(=O)NCC(=O)Nc2ccc(F)c(F)c2)cc1. The van der Waals surface area contributed by atoms with Gasteiger partial charge in [0.2, 0.25) is 11.8 Å². The van der Waals surface area contributed by atoms with Crippen LogP contribution in [0.5, 0.6) is 5.75 Å². The van der Waals surface area contributed by atoms with E-state index < -0.39 is 17.5 Å². The van der Waals surface area contributed by atoms with Crippen LogP contribution >= 0.6 is 11.8 Å². The molecule has 0 saturated heterocycles. The molecule has 0 atom stereocenters. The Morgan fingerprint density at radius 3 is 2.42 bits per heavy atom. The Balaban J connectivity index is 1.72. The third kappa shape index (κ3) is 6.36. The molecule has 0 aromatic heterocycles. The molecule has 2 aromatic rings. The van der Waals surface area contributed by atoms with E-state index in [2.05, 4.69) is 10.6 Å². The fourth-order valence-electron chi connectivity index (χ4n) is 1.96. The molecule has 0 aliphatic carbocycles. The van der Waals surface area contributed by atoms with Gasteiger partial charge in [0.05, 0.1) is 18.9 Å². The second-order valence-corrected chi connectivity index (χ2v) is 6.20. The molecule has 5 nitrogen and oxygen atoms in total. The molecule has 2 rings (SSSR count). The molecule has 0 radical (unpaired) electrons. The molecule has 0 spiro atoms. The van der Waals surface area contributed by atoms with Crippen LogP contribution in [0.3, 0.4) is 0 Å². The first-order chi connectivity index (χ1) is 12.5. The molecule has 138 valence electrons. The standard InChI is InChI=1S/C18H18F2N2O3S/c1-2-25-13-4-6-14(7-5-13)26-11-18(24)21-10-17(23)22-12-3-8-15(19)16(20)9-12/h3-9H,2,10-11H2,1H3,(H,21,24)(H,22,23). The van der Waals surface area contributed by atoms with Crippen LogP contribution in [0.15, 0.2) is 47.4 Å². The van der Waals surface area contributed by atoms with Gasteiger partial charge in [0.1, 0.15) is 5.75 Å². The number of halogens is 2. The highest BCUT2D eigenvalue weighted by Crippen LogP contribution is 2.21. The summed E-state index contributed by atoms with van der Waals surface area (Å²) in [6.45, 7) is 2.22. The average molecular weight is 380 g/mol. The summed E-state index contributed by atoms with van der Waals surface area (Å²) in [6, 6.07) is 10.4. The van der Waals surface area contributed by atoms with Crippen molar-refractivity contribution in [3.8, 4) is 5.75 Å². The van der Waals surface area contributed by atoms with Crippen molar-refractivity contribution < 1.29 is 23.1 Å². The lowest BCUT2D eigenvalue weighted by molar-refractivity contribution is -0.122. The third-order valence-corrected chi connectivity index (χ3v) is 4.17. The van der Waals surface area contributed by atoms with Gasteiger partial charge in [-0.05, 0) is 43.3 Å². The topological polar surface area (TPSA) is 67.4 Å². The summed E-state index contributed by atoms with van der Waals surface area (Å²) in [4.78, 5) is 24.4. The number of thioether (sulfide) groups is 1. The quantitative estimate of drug-likeness (QED) is 0.690. The summed E-state index contributed by atoms with van der Waals surface area (Å²) < 4.78 is 31.2. The van der Waals surface area contributed by atoms with Crippen molar-refractivity contribution in [2.45, 2.75) is 11.8 Å². The van der Waals surface area contributed by atoms with Gasteiger partial charge in [-0.15, -0.1) is 11.8 Å². The predicted octanol–water partition coefficient (Wildman–Crippen LogP) is 3.21. The second-order valence-electron chi connectivity index (χ2n) is 5.15. The van der Waals surface area contributed by atoms with E-state index in [4.69, 9.17) is 4.74 Å². The molecule has 0 unspecified atom stereocenters. The van der Waals surface area contributed by atoms with Gasteiger partial charge in [-0.1, -0.05) is 0 Å². The van der Waals surface area contributed by atoms with Crippen molar-refractivity contribution in [2.75, 3.05) is 24.2 Å². The monoisotopic (exact) mass is 380 g/mol. The first-order valence-corrected chi connectivity index (χ1v) is 8.83. The minimum absolute atomic E-state index is 0.118. The summed E-state index contributed by atoms with van der Waals surface area (Å²) in [5, 5.41) is 4.84. The Kier molecular flexibility index (Phi) is 7.40. The molecular formula is C18H18F2N2O3S. The summed E-state index contributed by atoms with van der Waals surface area (Å²) in [7, 11) is 0. The number of nitrogens with one attached hydrogen (secondary N) is 2. The van der Waals surface area contributed by atoms with E-state index in [0.717, 1.165) is 22.8 Å². The molecule has 2 N–H and O–H groups in total. The number of hydrogen-bond donors (Lipinski definition) is 2. The summed E-state index contributed by atoms with van der Waals surface area (Å²) in [6.07, 6.45) is 0. The van der Waals surface area contributed by atoms with Gasteiger partial charge < -0.3 is 15.4 Å². The van der Waals surface area contributed by atoms with Crippen LogP contribution in [0.2, 0.25) is 0 Å². The van der Waals surface area contributed by atoms with Crippen molar-refractivity contribution in [3.63, 3.8) is 0 Å². The van der Waals surface area contributed by atoms with Crippen molar-refractivity contribution in [2.24, 2.45) is 0 Å². The molecule has 0 bridgehead atoms. The van der Waals surface area contributed by atoms with Crippen molar-refractivity contribution in [1.29, 1.82) is 0 Å². The smallest absolute Gasteiger partial charge is 0.243 e. The van der Waals surface area contributed by atoms with Gasteiger partial charge >= 0.3 is 0 Å². The third-order valence-electron chi connectivity index (χ3n) is 3.15. The first-order valence-electron chi connectivity index (χ1n) is 7.85. The van der Waals surface area contributed by atoms with Gasteiger partial charge in [0.25, 0.3) is 0 Å². The maximum atomic E-state index is 13.1. The summed E-state index contributed by atoms with van der Waals surface area (Å²) in [5.41, 5.74) is 0.118. The van der Waals surface area contributed by atoms with Crippen LogP contribution in [0, 0.1) is 11.6 Å². The van der Waals surface area contributed by atoms with Crippen molar-refractivity contribution in [1.82, 2.24) is 5.32 Å². The zero-order chi connectivity index (χ0) is 18.9. The lowest BCUT2D eigenvalue weighted by atomic mass is 10.3. The maximum absolute atomic E-state index is 13.1. The number of ether oxygens (including phenoxy) is 1. The molecule has 0 heterocycles. The van der Waals surface area contributed by atoms with E-state index in [0.29, 0.717) is 6.61 Å². The first kappa shape index (κ1) is 19.7. The highest BCUT2D eigenvalue weighted by molar-refractivity contribution is 8.00. The van der Waals surface area contributed by atoms with Gasteiger partial charge in [0.15, 0.2) is 11.6 Å². The van der Waals surface area contributed by atoms with E-state index in [-0.39, 0.29) is 23.9 Å². The van der Waals surface area contributed by atoms with Gasteiger partial charge in [0, 0.05) is 16.6 Å².